The minimum Gasteiger partial charge on any atom is -0.395 e. The molecule has 15 heavy (non-hydrogen) atoms. The molecular formula is C10H14N2O3. The summed E-state index contributed by atoms with van der Waals surface area (Å²) in [7, 11) is 0. The molecule has 1 fully saturated rings. The molecule has 1 aromatic carbocycles. The Morgan fingerprint density at radius 3 is 2.33 bits per heavy atom. The molecule has 0 saturated carbocycles. The highest BCUT2D eigenvalue weighted by molar-refractivity contribution is 5.50. The molecule has 82 valence electrons. The normalized spacial score (nSPS) is 12.3. The van der Waals surface area contributed by atoms with E-state index in [1.165, 1.54) is 0 Å². The van der Waals surface area contributed by atoms with Gasteiger partial charge in [-0.05, 0) is 29.4 Å². The van der Waals surface area contributed by atoms with Gasteiger partial charge in [-0.1, -0.05) is 0 Å². The zero-order valence-electron chi connectivity index (χ0n) is 8.35. The maximum Gasteiger partial charge on any atom is 0.108 e. The number of nitrogens with zero attached hydrogens (tertiary/aromatic N) is 1. The largest absolute Gasteiger partial charge is 0.395 e. The number of nitroso groups, excluding NO2 is 1. The summed E-state index contributed by atoms with van der Waals surface area (Å²) in [6.07, 6.45) is 0. The van der Waals surface area contributed by atoms with Crippen LogP contribution in [0.4, 0.5) is 11.4 Å². The molecule has 0 amide bonds. The predicted molar refractivity (Wildman–Crippen MR) is 58.3 cm³/mol. The van der Waals surface area contributed by atoms with E-state index in [1.807, 2.05) is 0 Å². The first-order valence-electron chi connectivity index (χ1n) is 4.72. The molecule has 0 aromatic heterocycles. The smallest absolute Gasteiger partial charge is 0.108 e. The van der Waals surface area contributed by atoms with Crippen molar-refractivity contribution >= 4 is 11.4 Å². The summed E-state index contributed by atoms with van der Waals surface area (Å²) in [6, 6.07) is 6.72. The molecule has 0 unspecified atom stereocenters. The SMILES string of the molecule is C1CO1.O=Nc1ccc(NCCO)cc1. The van der Waals surface area contributed by atoms with Crippen LogP contribution in [0.25, 0.3) is 0 Å². The second-order valence-electron chi connectivity index (χ2n) is 2.90. The quantitative estimate of drug-likeness (QED) is 0.583. The van der Waals surface area contributed by atoms with Crippen LogP contribution in [0.1, 0.15) is 0 Å². The second kappa shape index (κ2) is 6.92. The molecular weight excluding hydrogens is 196 g/mol. The van der Waals surface area contributed by atoms with Crippen LogP contribution >= 0.6 is 0 Å². The van der Waals surface area contributed by atoms with Gasteiger partial charge in [-0.2, -0.15) is 0 Å². The molecule has 1 aromatic rings. The van der Waals surface area contributed by atoms with Crippen LogP contribution in [0.2, 0.25) is 0 Å². The third kappa shape index (κ3) is 5.77. The Morgan fingerprint density at radius 2 is 1.93 bits per heavy atom. The lowest BCUT2D eigenvalue weighted by Gasteiger charge is -2.02. The minimum absolute atomic E-state index is 0.0910. The van der Waals surface area contributed by atoms with Crippen molar-refractivity contribution in [3.05, 3.63) is 29.2 Å². The first-order valence-corrected chi connectivity index (χ1v) is 4.72. The lowest BCUT2D eigenvalue weighted by atomic mass is 10.3. The molecule has 0 bridgehead atoms. The Hall–Kier alpha value is -1.46. The maximum absolute atomic E-state index is 10.0. The fraction of sp³-hybridized carbons (Fsp3) is 0.400. The monoisotopic (exact) mass is 210 g/mol. The van der Waals surface area contributed by atoms with Gasteiger partial charge in [0.2, 0.25) is 0 Å². The predicted octanol–water partition coefficient (Wildman–Crippen LogP) is 1.51. The van der Waals surface area contributed by atoms with Gasteiger partial charge < -0.3 is 15.2 Å². The number of hydrogen-bond acceptors (Lipinski definition) is 5. The molecule has 1 aliphatic heterocycles. The highest BCUT2D eigenvalue weighted by Crippen LogP contribution is 2.15. The zero-order chi connectivity index (χ0) is 10.9. The molecule has 1 heterocycles. The number of aliphatic hydroxyl groups excluding tert-OH is 1. The molecule has 0 radical (unpaired) electrons. The Bertz CT molecular complexity index is 282. The number of aliphatic hydroxyl groups is 1. The molecule has 1 saturated heterocycles. The summed E-state index contributed by atoms with van der Waals surface area (Å²) in [5.74, 6) is 0. The van der Waals surface area contributed by atoms with E-state index < -0.39 is 0 Å². The van der Waals surface area contributed by atoms with Crippen molar-refractivity contribution in [2.75, 3.05) is 31.7 Å². The summed E-state index contributed by atoms with van der Waals surface area (Å²) in [5, 5.41) is 14.2. The number of rotatable bonds is 4. The molecule has 0 spiro atoms. The maximum atomic E-state index is 10.0. The van der Waals surface area contributed by atoms with Crippen LogP contribution in [0.15, 0.2) is 29.4 Å². The number of benzene rings is 1. The Kier molecular flexibility index (Phi) is 5.35. The average molecular weight is 210 g/mol. The number of epoxide rings is 1. The topological polar surface area (TPSA) is 74.2 Å². The van der Waals surface area contributed by atoms with Gasteiger partial charge in [-0.3, -0.25) is 0 Å². The fourth-order valence-corrected chi connectivity index (χ4v) is 0.840. The third-order valence-corrected chi connectivity index (χ3v) is 1.62. The van der Waals surface area contributed by atoms with Gasteiger partial charge in [0.1, 0.15) is 5.69 Å². The fourth-order valence-electron chi connectivity index (χ4n) is 0.840. The van der Waals surface area contributed by atoms with Crippen LogP contribution in [0, 0.1) is 4.91 Å². The first kappa shape index (κ1) is 11.6. The molecule has 1 aliphatic rings. The summed E-state index contributed by atoms with van der Waals surface area (Å²) in [5.41, 5.74) is 1.28. The van der Waals surface area contributed by atoms with Crippen molar-refractivity contribution in [2.45, 2.75) is 0 Å². The molecule has 5 heteroatoms. The lowest BCUT2D eigenvalue weighted by Crippen LogP contribution is -2.04. The highest BCUT2D eigenvalue weighted by atomic mass is 16.6. The van der Waals surface area contributed by atoms with Crippen molar-refractivity contribution in [2.24, 2.45) is 5.18 Å². The molecule has 0 atom stereocenters. The van der Waals surface area contributed by atoms with E-state index in [1.54, 1.807) is 24.3 Å². The standard InChI is InChI=1S/C8H10N2O2.C2H4O/c11-6-5-9-7-1-3-8(10-12)4-2-7;1-2-3-1/h1-4,9,11H,5-6H2;1-2H2. The minimum atomic E-state index is 0.0910. The van der Waals surface area contributed by atoms with Gasteiger partial charge in [0.25, 0.3) is 0 Å². The van der Waals surface area contributed by atoms with E-state index in [4.69, 9.17) is 5.11 Å². The zero-order valence-corrected chi connectivity index (χ0v) is 8.35. The van der Waals surface area contributed by atoms with Gasteiger partial charge in [0.15, 0.2) is 0 Å². The van der Waals surface area contributed by atoms with Crippen molar-refractivity contribution in [1.82, 2.24) is 0 Å². The van der Waals surface area contributed by atoms with E-state index in [2.05, 4.69) is 15.2 Å². The van der Waals surface area contributed by atoms with Crippen molar-refractivity contribution in [3.63, 3.8) is 0 Å². The van der Waals surface area contributed by atoms with E-state index in [-0.39, 0.29) is 6.61 Å². The van der Waals surface area contributed by atoms with E-state index in [0.29, 0.717) is 12.2 Å². The number of ether oxygens (including phenoxy) is 1. The van der Waals surface area contributed by atoms with Crippen LogP contribution in [-0.2, 0) is 4.74 Å². The summed E-state index contributed by atoms with van der Waals surface area (Å²) in [4.78, 5) is 10.0. The van der Waals surface area contributed by atoms with E-state index >= 15 is 0 Å². The first-order chi connectivity index (χ1) is 7.36. The Morgan fingerprint density at radius 1 is 1.33 bits per heavy atom. The number of nitrogens with one attached hydrogen (secondary N) is 1. The average Bonchev–Trinajstić information content (AvgIpc) is 3.14. The van der Waals surface area contributed by atoms with E-state index in [0.717, 1.165) is 18.9 Å². The third-order valence-electron chi connectivity index (χ3n) is 1.62. The summed E-state index contributed by atoms with van der Waals surface area (Å²) in [6.45, 7) is 2.60. The van der Waals surface area contributed by atoms with Crippen LogP contribution in [0.3, 0.4) is 0 Å². The molecule has 2 rings (SSSR count). The summed E-state index contributed by atoms with van der Waals surface area (Å²) < 4.78 is 4.50. The van der Waals surface area contributed by atoms with Crippen LogP contribution < -0.4 is 5.32 Å². The number of anilines is 1. The van der Waals surface area contributed by atoms with Gasteiger partial charge in [-0.15, -0.1) is 4.91 Å². The molecule has 0 aliphatic carbocycles. The molecule has 2 N–H and O–H groups in total. The summed E-state index contributed by atoms with van der Waals surface area (Å²) >= 11 is 0. The highest BCUT2D eigenvalue weighted by Gasteiger charge is 1.94. The van der Waals surface area contributed by atoms with Crippen molar-refractivity contribution in [3.8, 4) is 0 Å². The lowest BCUT2D eigenvalue weighted by molar-refractivity contribution is 0.311. The van der Waals surface area contributed by atoms with Crippen LogP contribution in [0.5, 0.6) is 0 Å². The Balaban J connectivity index is 0.000000319. The molecule has 5 nitrogen and oxygen atoms in total. The van der Waals surface area contributed by atoms with Gasteiger partial charge in [0, 0.05) is 12.2 Å². The number of hydrogen-bond donors (Lipinski definition) is 2. The Labute approximate surface area is 88.0 Å². The van der Waals surface area contributed by atoms with Gasteiger partial charge in [0.05, 0.1) is 19.8 Å². The van der Waals surface area contributed by atoms with Gasteiger partial charge in [-0.25, -0.2) is 0 Å². The van der Waals surface area contributed by atoms with E-state index in [9.17, 15) is 4.91 Å². The van der Waals surface area contributed by atoms with Crippen LogP contribution in [-0.4, -0.2) is 31.5 Å². The second-order valence-corrected chi connectivity index (χ2v) is 2.90. The van der Waals surface area contributed by atoms with Crippen molar-refractivity contribution < 1.29 is 9.84 Å². The van der Waals surface area contributed by atoms with Gasteiger partial charge >= 0.3 is 0 Å². The van der Waals surface area contributed by atoms with Crippen molar-refractivity contribution in [1.29, 1.82) is 0 Å².